The fourth-order valence-electron chi connectivity index (χ4n) is 2.00. The molecule has 0 aliphatic carbocycles. The molecule has 0 aromatic carbocycles. The van der Waals surface area contributed by atoms with Crippen molar-refractivity contribution < 1.29 is 52.8 Å². The van der Waals surface area contributed by atoms with Crippen molar-refractivity contribution in [3.05, 3.63) is 0 Å². The molecule has 152 valence electrons. The van der Waals surface area contributed by atoms with E-state index in [1.165, 1.54) is 0 Å². The van der Waals surface area contributed by atoms with Crippen molar-refractivity contribution >= 4 is 35.4 Å². The SMILES string of the molecule is CC(=O)OC[C@@H](O)[C@H](OC(C)=O)[C@H](OC(C)=O)[C@@H](OC(C)=O)C(=O)C(C)=O. The standard InChI is InChI=1S/C16H22O11/c1-7(17)13(23)15(26-10(4)20)16(27-11(5)21)14(25-9(3)19)12(22)6-24-8(2)18/h12,14-16,22H,6H2,1-5H3/t12-,14+,15+,16+/m1/s1. The summed E-state index contributed by atoms with van der Waals surface area (Å²) >= 11 is 0. The van der Waals surface area contributed by atoms with Gasteiger partial charge in [0, 0.05) is 34.6 Å². The van der Waals surface area contributed by atoms with E-state index in [-0.39, 0.29) is 0 Å². The molecule has 0 saturated carbocycles. The van der Waals surface area contributed by atoms with Gasteiger partial charge in [0.15, 0.2) is 18.0 Å². The van der Waals surface area contributed by atoms with Crippen LogP contribution in [0.5, 0.6) is 0 Å². The van der Waals surface area contributed by atoms with Crippen molar-refractivity contribution in [1.29, 1.82) is 0 Å². The summed E-state index contributed by atoms with van der Waals surface area (Å²) in [6, 6.07) is 0. The first-order chi connectivity index (χ1) is 12.4. The Morgan fingerprint density at radius 2 is 1.15 bits per heavy atom. The first-order valence-electron chi connectivity index (χ1n) is 7.74. The first-order valence-corrected chi connectivity index (χ1v) is 7.74. The zero-order valence-corrected chi connectivity index (χ0v) is 15.5. The Balaban J connectivity index is 6.03. The highest BCUT2D eigenvalue weighted by Gasteiger charge is 2.45. The molecule has 1 N–H and O–H groups in total. The molecule has 0 aliphatic heterocycles. The molecule has 0 heterocycles. The molecule has 0 amide bonds. The molecule has 0 saturated heterocycles. The van der Waals surface area contributed by atoms with Crippen LogP contribution >= 0.6 is 0 Å². The topological polar surface area (TPSA) is 160 Å². The summed E-state index contributed by atoms with van der Waals surface area (Å²) < 4.78 is 19.2. The minimum atomic E-state index is -1.99. The van der Waals surface area contributed by atoms with Crippen molar-refractivity contribution in [2.24, 2.45) is 0 Å². The van der Waals surface area contributed by atoms with Gasteiger partial charge < -0.3 is 24.1 Å². The Kier molecular flexibility index (Phi) is 9.86. The van der Waals surface area contributed by atoms with Crippen LogP contribution in [0.15, 0.2) is 0 Å². The highest BCUT2D eigenvalue weighted by molar-refractivity contribution is 6.38. The quantitative estimate of drug-likeness (QED) is 0.273. The summed E-state index contributed by atoms with van der Waals surface area (Å²) in [6.45, 7) is 4.09. The highest BCUT2D eigenvalue weighted by Crippen LogP contribution is 2.19. The maximum absolute atomic E-state index is 12.2. The summed E-state index contributed by atoms with van der Waals surface area (Å²) in [6.07, 6.45) is -7.39. The van der Waals surface area contributed by atoms with E-state index < -0.39 is 66.5 Å². The van der Waals surface area contributed by atoms with Crippen LogP contribution < -0.4 is 0 Å². The van der Waals surface area contributed by atoms with E-state index in [4.69, 9.17) is 14.2 Å². The maximum Gasteiger partial charge on any atom is 0.303 e. The predicted octanol–water partition coefficient (Wildman–Crippen LogP) is -1.14. The van der Waals surface area contributed by atoms with Gasteiger partial charge in [0.05, 0.1) is 0 Å². The Morgan fingerprint density at radius 3 is 1.52 bits per heavy atom. The van der Waals surface area contributed by atoms with Crippen LogP contribution in [0.3, 0.4) is 0 Å². The van der Waals surface area contributed by atoms with Crippen LogP contribution in [-0.2, 0) is 47.7 Å². The lowest BCUT2D eigenvalue weighted by Gasteiger charge is -2.33. The monoisotopic (exact) mass is 390 g/mol. The van der Waals surface area contributed by atoms with Crippen LogP contribution in [0.25, 0.3) is 0 Å². The molecule has 4 atom stereocenters. The van der Waals surface area contributed by atoms with Crippen LogP contribution in [0.1, 0.15) is 34.6 Å². The molecule has 27 heavy (non-hydrogen) atoms. The fourth-order valence-corrected chi connectivity index (χ4v) is 2.00. The van der Waals surface area contributed by atoms with E-state index in [9.17, 15) is 33.9 Å². The van der Waals surface area contributed by atoms with Crippen LogP contribution in [0.4, 0.5) is 0 Å². The number of rotatable bonds is 10. The highest BCUT2D eigenvalue weighted by atomic mass is 16.6. The van der Waals surface area contributed by atoms with Gasteiger partial charge in [0.2, 0.25) is 11.9 Å². The molecule has 0 rings (SSSR count). The molecule has 11 heteroatoms. The molecule has 0 aliphatic rings. The van der Waals surface area contributed by atoms with Crippen molar-refractivity contribution in [3.63, 3.8) is 0 Å². The molecular weight excluding hydrogens is 368 g/mol. The minimum Gasteiger partial charge on any atom is -0.463 e. The minimum absolute atomic E-state index is 0.688. The molecule has 0 radical (unpaired) electrons. The average Bonchev–Trinajstić information content (AvgIpc) is 2.52. The Hall–Kier alpha value is -2.82. The van der Waals surface area contributed by atoms with E-state index in [0.717, 1.165) is 34.6 Å². The molecule has 11 nitrogen and oxygen atoms in total. The number of ether oxygens (including phenoxy) is 4. The lowest BCUT2D eigenvalue weighted by molar-refractivity contribution is -0.197. The van der Waals surface area contributed by atoms with Gasteiger partial charge in [-0.25, -0.2) is 0 Å². The first kappa shape index (κ1) is 24.2. The fraction of sp³-hybridized carbons (Fsp3) is 0.625. The van der Waals surface area contributed by atoms with Crippen molar-refractivity contribution in [2.75, 3.05) is 6.61 Å². The Bertz CT molecular complexity index is 609. The Morgan fingerprint density at radius 1 is 0.704 bits per heavy atom. The van der Waals surface area contributed by atoms with Gasteiger partial charge >= 0.3 is 23.9 Å². The second-order valence-corrected chi connectivity index (χ2v) is 5.47. The number of aliphatic hydroxyl groups is 1. The molecule has 0 aromatic rings. The smallest absolute Gasteiger partial charge is 0.303 e. The summed E-state index contributed by atoms with van der Waals surface area (Å²) in [4.78, 5) is 68.7. The maximum atomic E-state index is 12.2. The number of hydrogen-bond acceptors (Lipinski definition) is 11. The zero-order chi connectivity index (χ0) is 21.3. The molecule has 0 bridgehead atoms. The van der Waals surface area contributed by atoms with Gasteiger partial charge in [-0.05, 0) is 0 Å². The summed E-state index contributed by atoms with van der Waals surface area (Å²) in [5.74, 6) is -5.98. The number of aliphatic hydroxyl groups excluding tert-OH is 1. The number of esters is 4. The van der Waals surface area contributed by atoms with Crippen molar-refractivity contribution in [1.82, 2.24) is 0 Å². The molecule has 0 aromatic heterocycles. The second-order valence-electron chi connectivity index (χ2n) is 5.47. The van der Waals surface area contributed by atoms with E-state index in [2.05, 4.69) is 4.74 Å². The second kappa shape index (κ2) is 11.0. The van der Waals surface area contributed by atoms with Gasteiger partial charge in [-0.3, -0.25) is 28.8 Å². The lowest BCUT2D eigenvalue weighted by atomic mass is 9.97. The van der Waals surface area contributed by atoms with Crippen molar-refractivity contribution in [2.45, 2.75) is 59.0 Å². The molecule has 0 fully saturated rings. The lowest BCUT2D eigenvalue weighted by Crippen LogP contribution is -2.55. The van der Waals surface area contributed by atoms with E-state index in [1.54, 1.807) is 0 Å². The predicted molar refractivity (Wildman–Crippen MR) is 85.0 cm³/mol. The number of hydrogen-bond donors (Lipinski definition) is 1. The van der Waals surface area contributed by atoms with E-state index >= 15 is 0 Å². The summed E-state index contributed by atoms with van der Waals surface area (Å²) in [5.41, 5.74) is 0. The number of ketones is 2. The van der Waals surface area contributed by atoms with Gasteiger partial charge in [0.1, 0.15) is 12.7 Å². The third-order valence-electron chi connectivity index (χ3n) is 2.96. The van der Waals surface area contributed by atoms with Gasteiger partial charge in [-0.2, -0.15) is 0 Å². The van der Waals surface area contributed by atoms with Gasteiger partial charge in [-0.15, -0.1) is 0 Å². The van der Waals surface area contributed by atoms with Gasteiger partial charge in [-0.1, -0.05) is 0 Å². The summed E-state index contributed by atoms with van der Waals surface area (Å²) in [5, 5.41) is 10.2. The molecular formula is C16H22O11. The van der Waals surface area contributed by atoms with Crippen LogP contribution in [-0.4, -0.2) is 71.6 Å². The van der Waals surface area contributed by atoms with Crippen LogP contribution in [0.2, 0.25) is 0 Å². The molecule has 0 spiro atoms. The van der Waals surface area contributed by atoms with Crippen molar-refractivity contribution in [3.8, 4) is 0 Å². The third-order valence-corrected chi connectivity index (χ3v) is 2.96. The number of Topliss-reactive ketones (excluding diaryl/α,β-unsaturated/α-hetero) is 2. The molecule has 0 unspecified atom stereocenters. The normalized spacial score (nSPS) is 14.7. The van der Waals surface area contributed by atoms with Gasteiger partial charge in [0.25, 0.3) is 0 Å². The number of carbonyl (C=O) groups excluding carboxylic acids is 6. The zero-order valence-electron chi connectivity index (χ0n) is 15.5. The Labute approximate surface area is 154 Å². The largest absolute Gasteiger partial charge is 0.463 e. The summed E-state index contributed by atoms with van der Waals surface area (Å²) in [7, 11) is 0. The van der Waals surface area contributed by atoms with E-state index in [0.29, 0.717) is 0 Å². The number of carbonyl (C=O) groups is 6. The van der Waals surface area contributed by atoms with Crippen LogP contribution in [0, 0.1) is 0 Å². The average molecular weight is 390 g/mol. The third kappa shape index (κ3) is 8.90. The van der Waals surface area contributed by atoms with E-state index in [1.807, 2.05) is 0 Å².